The number of hydrogen-bond donors (Lipinski definition) is 0. The Morgan fingerprint density at radius 3 is 0.808 bits per heavy atom. The quantitative estimate of drug-likeness (QED) is 0.122. The molecule has 0 aliphatic rings. The Hall–Kier alpha value is -13.2. The molecule has 462 valence electrons. The molecule has 0 N–H and O–H groups in total. The Bertz CT molecular complexity index is 6000. The van der Waals surface area contributed by atoms with Gasteiger partial charge >= 0.3 is 0 Å². The Kier molecular flexibility index (Phi) is 13.8. The highest BCUT2D eigenvalue weighted by molar-refractivity contribution is 6.16. The standard InChI is InChI=1S/C94H61N5/c1-8-24-62(25-9-1)69-42-48-85-77(55-69)78-56-70(63-26-10-2-11-27-63)43-49-86(78)97(85)91-61-95-94(99-89-52-46-73(66-32-16-5-17-33-66)59-81(89)82-60-74(47-53-90(82)99)67-34-18-6-19-35-67)93(92(91)76-39-22-38-75(54-76)84-41-23-40-83(96-84)68-36-20-7-21-37-68)98-87-50-44-71(64-28-12-3-13-29-64)57-79(87)80-58-72(45-51-88(80)98)65-30-14-4-15-31-65/h1-61H. The number of rotatable bonds is 12. The van der Waals surface area contributed by atoms with E-state index in [1.165, 1.54) is 0 Å². The predicted octanol–water partition coefficient (Wildman–Crippen LogP) is 24.8. The minimum absolute atomic E-state index is 0.778. The van der Waals surface area contributed by atoms with E-state index in [0.29, 0.717) is 0 Å². The summed E-state index contributed by atoms with van der Waals surface area (Å²) < 4.78 is 7.48. The van der Waals surface area contributed by atoms with Crippen LogP contribution >= 0.6 is 0 Å². The second kappa shape index (κ2) is 23.9. The van der Waals surface area contributed by atoms with Gasteiger partial charge < -0.3 is 9.13 Å². The summed E-state index contributed by atoms with van der Waals surface area (Å²) in [6.07, 6.45) is 2.16. The van der Waals surface area contributed by atoms with Gasteiger partial charge in [0.1, 0.15) is 0 Å². The van der Waals surface area contributed by atoms with E-state index >= 15 is 0 Å². The molecule has 19 aromatic rings. The number of nitrogens with zero attached hydrogens (tertiary/aromatic N) is 5. The summed E-state index contributed by atoms with van der Waals surface area (Å²) in [4.78, 5) is 11.5. The van der Waals surface area contributed by atoms with Gasteiger partial charge in [-0.2, -0.15) is 0 Å². The Labute approximate surface area is 573 Å². The fourth-order valence-electron chi connectivity index (χ4n) is 15.2. The van der Waals surface area contributed by atoms with Gasteiger partial charge in [-0.05, 0) is 163 Å². The molecule has 0 fully saturated rings. The molecule has 0 radical (unpaired) electrons. The molecule has 5 nitrogen and oxygen atoms in total. The summed E-state index contributed by atoms with van der Waals surface area (Å²) in [6.45, 7) is 0. The van der Waals surface area contributed by atoms with Crippen molar-refractivity contribution >= 4 is 65.4 Å². The zero-order valence-electron chi connectivity index (χ0n) is 54.0. The smallest absolute Gasteiger partial charge is 0.162 e. The molecule has 0 amide bonds. The highest BCUT2D eigenvalue weighted by atomic mass is 15.1. The molecule has 0 spiro atoms. The number of aromatic nitrogens is 5. The van der Waals surface area contributed by atoms with Gasteiger partial charge in [-0.15, -0.1) is 0 Å². The van der Waals surface area contributed by atoms with E-state index in [1.54, 1.807) is 0 Å². The van der Waals surface area contributed by atoms with Gasteiger partial charge in [0.15, 0.2) is 5.82 Å². The molecule has 0 aliphatic heterocycles. The first-order chi connectivity index (χ1) is 49.1. The van der Waals surface area contributed by atoms with E-state index in [1.807, 2.05) is 0 Å². The Morgan fingerprint density at radius 2 is 0.465 bits per heavy atom. The lowest BCUT2D eigenvalue weighted by atomic mass is 9.97. The predicted molar refractivity (Wildman–Crippen MR) is 414 cm³/mol. The summed E-state index contributed by atoms with van der Waals surface area (Å²) >= 11 is 0. The summed E-state index contributed by atoms with van der Waals surface area (Å²) in [5.41, 5.74) is 27.7. The van der Waals surface area contributed by atoms with Crippen molar-refractivity contribution in [3.8, 4) is 118 Å². The van der Waals surface area contributed by atoms with Crippen LogP contribution in [0.4, 0.5) is 0 Å². The highest BCUT2D eigenvalue weighted by Crippen LogP contribution is 2.49. The maximum absolute atomic E-state index is 6.10. The van der Waals surface area contributed by atoms with Crippen molar-refractivity contribution in [2.24, 2.45) is 0 Å². The van der Waals surface area contributed by atoms with Crippen LogP contribution in [-0.2, 0) is 0 Å². The number of benzene rings is 14. The van der Waals surface area contributed by atoms with Gasteiger partial charge in [-0.3, -0.25) is 4.57 Å². The van der Waals surface area contributed by atoms with Crippen LogP contribution in [0.25, 0.3) is 183 Å². The molecule has 0 aliphatic carbocycles. The van der Waals surface area contributed by atoms with Gasteiger partial charge in [0.2, 0.25) is 0 Å². The van der Waals surface area contributed by atoms with Crippen molar-refractivity contribution in [2.45, 2.75) is 0 Å². The first-order valence-corrected chi connectivity index (χ1v) is 33.8. The van der Waals surface area contributed by atoms with Crippen LogP contribution in [0.1, 0.15) is 0 Å². The minimum atomic E-state index is 0.778. The first kappa shape index (κ1) is 57.2. The molecule has 0 unspecified atom stereocenters. The Morgan fingerprint density at radius 1 is 0.192 bits per heavy atom. The molecule has 14 aromatic carbocycles. The van der Waals surface area contributed by atoms with Crippen LogP contribution in [0.2, 0.25) is 0 Å². The lowest BCUT2D eigenvalue weighted by molar-refractivity contribution is 1.01. The topological polar surface area (TPSA) is 40.6 Å². The van der Waals surface area contributed by atoms with E-state index < -0.39 is 0 Å². The van der Waals surface area contributed by atoms with Gasteiger partial charge in [-0.25, -0.2) is 9.97 Å². The largest absolute Gasteiger partial charge is 0.307 e. The summed E-state index contributed by atoms with van der Waals surface area (Å²) in [6, 6.07) is 133. The third-order valence-corrected chi connectivity index (χ3v) is 19.9. The fraction of sp³-hybridized carbons (Fsp3) is 0. The zero-order valence-corrected chi connectivity index (χ0v) is 54.0. The molecule has 5 heterocycles. The average Bonchev–Trinajstić information content (AvgIpc) is 1.58. The van der Waals surface area contributed by atoms with E-state index in [0.717, 1.165) is 183 Å². The van der Waals surface area contributed by atoms with Gasteiger partial charge in [0, 0.05) is 49.0 Å². The van der Waals surface area contributed by atoms with E-state index in [-0.39, 0.29) is 0 Å². The van der Waals surface area contributed by atoms with Crippen molar-refractivity contribution in [3.05, 3.63) is 370 Å². The molecular weight excluding hydrogens is 1200 g/mol. The molecule has 99 heavy (non-hydrogen) atoms. The van der Waals surface area contributed by atoms with E-state index in [9.17, 15) is 0 Å². The second-order valence-electron chi connectivity index (χ2n) is 25.6. The Balaban J connectivity index is 0.989. The van der Waals surface area contributed by atoms with Crippen LogP contribution in [0, 0.1) is 0 Å². The van der Waals surface area contributed by atoms with Crippen molar-refractivity contribution in [3.63, 3.8) is 0 Å². The maximum atomic E-state index is 6.10. The molecule has 0 bridgehead atoms. The third kappa shape index (κ3) is 9.94. The molecule has 0 saturated heterocycles. The molecule has 19 rings (SSSR count). The van der Waals surface area contributed by atoms with Crippen molar-refractivity contribution in [1.29, 1.82) is 0 Å². The SMILES string of the molecule is c1ccc(-c2ccc3c(c2)c2cc(-c4ccccc4)ccc2n3-c2cnc(-n3c4ccc(-c5ccccc5)cc4c4cc(-c5ccccc5)ccc43)c(-n3c4ccc(-c5ccccc5)cc4c4cc(-c5ccccc5)ccc43)c2-c2cccc(-c3cccc(-c4ccccc4)n3)c2)cc1. The molecule has 5 heteroatoms. The van der Waals surface area contributed by atoms with Gasteiger partial charge in [0.25, 0.3) is 0 Å². The van der Waals surface area contributed by atoms with E-state index in [4.69, 9.17) is 9.97 Å². The zero-order chi connectivity index (χ0) is 65.3. The number of hydrogen-bond acceptors (Lipinski definition) is 2. The maximum Gasteiger partial charge on any atom is 0.162 e. The van der Waals surface area contributed by atoms with E-state index in [2.05, 4.69) is 384 Å². The summed E-state index contributed by atoms with van der Waals surface area (Å²) in [5.74, 6) is 0.778. The number of fused-ring (bicyclic) bond motifs is 9. The lowest BCUT2D eigenvalue weighted by Gasteiger charge is -2.24. The summed E-state index contributed by atoms with van der Waals surface area (Å²) in [5, 5.41) is 6.79. The molecular formula is C94H61N5. The van der Waals surface area contributed by atoms with Crippen LogP contribution in [-0.4, -0.2) is 23.7 Å². The second-order valence-corrected chi connectivity index (χ2v) is 25.6. The van der Waals surface area contributed by atoms with Crippen molar-refractivity contribution in [1.82, 2.24) is 23.7 Å². The number of pyridine rings is 2. The molecule has 0 atom stereocenters. The first-order valence-electron chi connectivity index (χ1n) is 33.8. The normalized spacial score (nSPS) is 11.6. The van der Waals surface area contributed by atoms with Crippen LogP contribution in [0.5, 0.6) is 0 Å². The van der Waals surface area contributed by atoms with Crippen molar-refractivity contribution in [2.75, 3.05) is 0 Å². The fourth-order valence-corrected chi connectivity index (χ4v) is 15.2. The minimum Gasteiger partial charge on any atom is -0.307 e. The van der Waals surface area contributed by atoms with Crippen LogP contribution in [0.15, 0.2) is 370 Å². The van der Waals surface area contributed by atoms with Gasteiger partial charge in [0.05, 0.1) is 62.1 Å². The highest BCUT2D eigenvalue weighted by Gasteiger charge is 2.30. The lowest BCUT2D eigenvalue weighted by Crippen LogP contribution is -2.11. The van der Waals surface area contributed by atoms with Crippen LogP contribution < -0.4 is 0 Å². The summed E-state index contributed by atoms with van der Waals surface area (Å²) in [7, 11) is 0. The molecule has 5 aromatic heterocycles. The van der Waals surface area contributed by atoms with Crippen LogP contribution in [0.3, 0.4) is 0 Å². The van der Waals surface area contributed by atoms with Gasteiger partial charge in [-0.1, -0.05) is 273 Å². The average molecular weight is 1260 g/mol. The van der Waals surface area contributed by atoms with Crippen molar-refractivity contribution < 1.29 is 0 Å². The molecule has 0 saturated carbocycles. The third-order valence-electron chi connectivity index (χ3n) is 19.9. The monoisotopic (exact) mass is 1260 g/mol.